The molecule has 0 bridgehead atoms. The Labute approximate surface area is 279 Å². The van der Waals surface area contributed by atoms with Gasteiger partial charge in [-0.2, -0.15) is 13.2 Å². The maximum atomic E-state index is 14.5. The molecule has 0 spiro atoms. The van der Waals surface area contributed by atoms with Gasteiger partial charge in [0, 0.05) is 49.6 Å². The summed E-state index contributed by atoms with van der Waals surface area (Å²) in [5.41, 5.74) is 1.52. The van der Waals surface area contributed by atoms with Crippen LogP contribution in [0.1, 0.15) is 57.1 Å². The third-order valence-electron chi connectivity index (χ3n) is 8.31. The smallest absolute Gasteiger partial charge is 0.419 e. The van der Waals surface area contributed by atoms with E-state index in [9.17, 15) is 18.0 Å². The predicted octanol–water partition coefficient (Wildman–Crippen LogP) is 8.56. The largest absolute Gasteiger partial charge is 0.444 e. The van der Waals surface area contributed by atoms with Crippen molar-refractivity contribution in [3.05, 3.63) is 47.6 Å². The lowest BCUT2D eigenvalue weighted by Crippen LogP contribution is -2.45. The van der Waals surface area contributed by atoms with Gasteiger partial charge in [-0.1, -0.05) is 36.9 Å². The minimum Gasteiger partial charge on any atom is -0.444 e. The van der Waals surface area contributed by atoms with Gasteiger partial charge < -0.3 is 29.2 Å². The molecule has 2 N–H and O–H groups in total. The van der Waals surface area contributed by atoms with E-state index in [0.717, 1.165) is 29.8 Å². The molecule has 10 nitrogen and oxygen atoms in total. The average molecular weight is 687 g/mol. The second-order valence-electron chi connectivity index (χ2n) is 14.7. The molecule has 2 atom stereocenters. The highest BCUT2D eigenvalue weighted by Crippen LogP contribution is 2.41. The standard InChI is InChI=1S/C34H45F3N6O4Si/c1-20-29(21(2)47-42-20)22-12-13-23-24(18-43(28(23)16-22)19-45-14-15-48(6,7)8)30-25(34(35,36)37)17-38-31(41-30)39-26-10-9-11-27(26)40-32(44)46-33(3,4)5/h12-13,16-18,26-27H,9-11,14-15,19H2,1-8H3,(H,40,44)(H,38,39,41)/t26-,27-/m0/s1. The lowest BCUT2D eigenvalue weighted by Gasteiger charge is -2.25. The number of hydrogen-bond acceptors (Lipinski definition) is 8. The van der Waals surface area contributed by atoms with E-state index in [1.54, 1.807) is 33.0 Å². The minimum absolute atomic E-state index is 0.0421. The minimum atomic E-state index is -4.71. The van der Waals surface area contributed by atoms with E-state index in [4.69, 9.17) is 14.0 Å². The normalized spacial score (nSPS) is 17.2. The molecular formula is C34H45F3N6O4Si. The van der Waals surface area contributed by atoms with Crippen LogP contribution >= 0.6 is 0 Å². The molecule has 0 saturated heterocycles. The molecule has 260 valence electrons. The van der Waals surface area contributed by atoms with Crippen molar-refractivity contribution in [1.82, 2.24) is 25.0 Å². The van der Waals surface area contributed by atoms with Gasteiger partial charge >= 0.3 is 12.3 Å². The van der Waals surface area contributed by atoms with Crippen molar-refractivity contribution < 1.29 is 32.0 Å². The van der Waals surface area contributed by atoms with Crippen LogP contribution in [0.25, 0.3) is 33.3 Å². The fraction of sp³-hybridized carbons (Fsp3) is 0.529. The van der Waals surface area contributed by atoms with Crippen LogP contribution < -0.4 is 10.6 Å². The zero-order chi connectivity index (χ0) is 35.0. The van der Waals surface area contributed by atoms with Crippen molar-refractivity contribution in [2.24, 2.45) is 0 Å². The fourth-order valence-corrected chi connectivity index (χ4v) is 6.73. The van der Waals surface area contributed by atoms with Crippen molar-refractivity contribution in [3.8, 4) is 22.4 Å². The van der Waals surface area contributed by atoms with Crippen molar-refractivity contribution in [2.45, 2.75) is 110 Å². The Hall–Kier alpha value is -3.91. The highest BCUT2D eigenvalue weighted by Gasteiger charge is 2.37. The van der Waals surface area contributed by atoms with Crippen LogP contribution in [0.5, 0.6) is 0 Å². The summed E-state index contributed by atoms with van der Waals surface area (Å²) in [6, 6.07) is 5.94. The van der Waals surface area contributed by atoms with E-state index >= 15 is 0 Å². The molecule has 3 aromatic heterocycles. The Morgan fingerprint density at radius 3 is 2.50 bits per heavy atom. The topological polar surface area (TPSA) is 116 Å². The van der Waals surface area contributed by atoms with Crippen molar-refractivity contribution in [2.75, 3.05) is 11.9 Å². The SMILES string of the molecule is Cc1noc(C)c1-c1ccc2c(-c3nc(N[C@H]4CCC[C@@H]4NC(=O)OC(C)(C)C)ncc3C(F)(F)F)cn(COCC[Si](C)(C)C)c2c1. The van der Waals surface area contributed by atoms with E-state index < -0.39 is 31.5 Å². The van der Waals surface area contributed by atoms with E-state index in [2.05, 4.69) is 45.4 Å². The molecule has 4 aromatic rings. The summed E-state index contributed by atoms with van der Waals surface area (Å²) in [5.74, 6) is 0.689. The Kier molecular flexibility index (Phi) is 9.98. The van der Waals surface area contributed by atoms with Crippen LogP contribution in [0.4, 0.5) is 23.9 Å². The maximum Gasteiger partial charge on any atom is 0.419 e. The number of carbonyl (C=O) groups excluding carboxylic acids is 1. The first-order valence-corrected chi connectivity index (χ1v) is 19.9. The number of alkyl carbamates (subject to hydrolysis) is 1. The van der Waals surface area contributed by atoms with Crippen LogP contribution in [0.3, 0.4) is 0 Å². The highest BCUT2D eigenvalue weighted by atomic mass is 28.3. The van der Waals surface area contributed by atoms with Crippen molar-refractivity contribution in [1.29, 1.82) is 0 Å². The van der Waals surface area contributed by atoms with Gasteiger partial charge in [-0.25, -0.2) is 14.8 Å². The molecule has 1 amide bonds. The van der Waals surface area contributed by atoms with Gasteiger partial charge in [0.05, 0.1) is 22.9 Å². The number of benzene rings is 1. The Balaban J connectivity index is 1.53. The monoisotopic (exact) mass is 686 g/mol. The third kappa shape index (κ3) is 8.38. The van der Waals surface area contributed by atoms with Gasteiger partial charge in [-0.15, -0.1) is 0 Å². The average Bonchev–Trinajstić information content (AvgIpc) is 3.65. The molecule has 14 heteroatoms. The maximum absolute atomic E-state index is 14.5. The van der Waals surface area contributed by atoms with Crippen LogP contribution in [-0.4, -0.2) is 58.2 Å². The van der Waals surface area contributed by atoms with Gasteiger partial charge in [-0.05, 0) is 71.6 Å². The zero-order valence-electron chi connectivity index (χ0n) is 28.8. The highest BCUT2D eigenvalue weighted by molar-refractivity contribution is 6.76. The summed E-state index contributed by atoms with van der Waals surface area (Å²) in [6.45, 7) is 16.5. The van der Waals surface area contributed by atoms with Crippen LogP contribution in [-0.2, 0) is 22.4 Å². The predicted molar refractivity (Wildman–Crippen MR) is 181 cm³/mol. The first-order chi connectivity index (χ1) is 22.4. The Morgan fingerprint density at radius 1 is 1.12 bits per heavy atom. The first kappa shape index (κ1) is 35.4. The Bertz CT molecular complexity index is 1750. The van der Waals surface area contributed by atoms with Gasteiger partial charge in [0.2, 0.25) is 5.95 Å². The van der Waals surface area contributed by atoms with E-state index in [1.807, 2.05) is 30.5 Å². The lowest BCUT2D eigenvalue weighted by atomic mass is 10.0. The quantitative estimate of drug-likeness (QED) is 0.126. The van der Waals surface area contributed by atoms with E-state index in [1.165, 1.54) is 0 Å². The molecule has 1 aliphatic carbocycles. The number of fused-ring (bicyclic) bond motifs is 1. The molecule has 3 heterocycles. The summed E-state index contributed by atoms with van der Waals surface area (Å²) < 4.78 is 62.2. The Morgan fingerprint density at radius 2 is 1.85 bits per heavy atom. The lowest BCUT2D eigenvalue weighted by molar-refractivity contribution is -0.137. The summed E-state index contributed by atoms with van der Waals surface area (Å²) in [6.07, 6.45) is -0.597. The molecular weight excluding hydrogens is 641 g/mol. The summed E-state index contributed by atoms with van der Waals surface area (Å²) >= 11 is 0. The number of rotatable bonds is 10. The number of halogens is 3. The second-order valence-corrected chi connectivity index (χ2v) is 20.3. The van der Waals surface area contributed by atoms with Gasteiger partial charge in [0.15, 0.2) is 0 Å². The van der Waals surface area contributed by atoms with Crippen molar-refractivity contribution in [3.63, 3.8) is 0 Å². The number of nitrogens with one attached hydrogen (secondary N) is 2. The second kappa shape index (κ2) is 13.5. The van der Waals surface area contributed by atoms with Crippen LogP contribution in [0.2, 0.25) is 25.7 Å². The van der Waals surface area contributed by atoms with E-state index in [-0.39, 0.29) is 30.5 Å². The van der Waals surface area contributed by atoms with Gasteiger partial charge in [-0.3, -0.25) is 0 Å². The molecule has 1 aromatic carbocycles. The molecule has 0 radical (unpaired) electrons. The molecule has 5 rings (SSSR count). The number of carbonyl (C=O) groups is 1. The van der Waals surface area contributed by atoms with E-state index in [0.29, 0.717) is 47.4 Å². The molecule has 1 fully saturated rings. The van der Waals surface area contributed by atoms with Gasteiger partial charge in [0.25, 0.3) is 0 Å². The molecule has 1 aliphatic rings. The zero-order valence-corrected chi connectivity index (χ0v) is 29.8. The molecule has 0 unspecified atom stereocenters. The van der Waals surface area contributed by atoms with Crippen LogP contribution in [0, 0.1) is 13.8 Å². The number of amides is 1. The number of aromatic nitrogens is 4. The first-order valence-electron chi connectivity index (χ1n) is 16.2. The third-order valence-corrected chi connectivity index (χ3v) is 10.0. The molecule has 1 saturated carbocycles. The molecule has 0 aliphatic heterocycles. The van der Waals surface area contributed by atoms with Crippen LogP contribution in [0.15, 0.2) is 35.1 Å². The number of ether oxygens (including phenoxy) is 2. The number of nitrogens with zero attached hydrogens (tertiary/aromatic N) is 4. The number of hydrogen-bond donors (Lipinski definition) is 2. The number of aryl methyl sites for hydroxylation is 2. The number of anilines is 1. The summed E-state index contributed by atoms with van der Waals surface area (Å²) in [4.78, 5) is 21.0. The number of alkyl halides is 3. The molecule has 48 heavy (non-hydrogen) atoms. The fourth-order valence-electron chi connectivity index (χ4n) is 5.97. The van der Waals surface area contributed by atoms with Gasteiger partial charge in [0.1, 0.15) is 23.7 Å². The summed E-state index contributed by atoms with van der Waals surface area (Å²) in [5, 5.41) is 10.7. The summed E-state index contributed by atoms with van der Waals surface area (Å²) in [7, 11) is -1.36. The van der Waals surface area contributed by atoms with Crippen molar-refractivity contribution >= 4 is 31.0 Å².